The second-order valence-electron chi connectivity index (χ2n) is 7.41. The van der Waals surface area contributed by atoms with Gasteiger partial charge in [-0.3, -0.25) is 4.68 Å². The monoisotopic (exact) mass is 395 g/mol. The SMILES string of the molecule is Nc1cc(Cc2cnn(Cc3cccc(Cc4ccccc4)c3)c2)c2n[nH]nc2n1. The quantitative estimate of drug-likeness (QED) is 0.459. The number of H-pyrrole nitrogens is 1. The van der Waals surface area contributed by atoms with Crippen molar-refractivity contribution in [1.29, 1.82) is 0 Å². The molecule has 5 rings (SSSR count). The number of nitrogen functional groups attached to an aromatic ring is 1. The summed E-state index contributed by atoms with van der Waals surface area (Å²) in [6.45, 7) is 0.723. The largest absolute Gasteiger partial charge is 0.384 e. The minimum atomic E-state index is 0.439. The Bertz CT molecular complexity index is 1290. The van der Waals surface area contributed by atoms with Crippen LogP contribution < -0.4 is 5.73 Å². The molecule has 0 saturated heterocycles. The van der Waals surface area contributed by atoms with E-state index in [2.05, 4.69) is 80.2 Å². The van der Waals surface area contributed by atoms with Gasteiger partial charge in [0, 0.05) is 12.6 Å². The molecule has 0 unspecified atom stereocenters. The summed E-state index contributed by atoms with van der Waals surface area (Å²) in [6.07, 6.45) is 5.54. The highest BCUT2D eigenvalue weighted by Gasteiger charge is 2.10. The van der Waals surface area contributed by atoms with E-state index in [4.69, 9.17) is 5.73 Å². The minimum absolute atomic E-state index is 0.439. The van der Waals surface area contributed by atoms with Gasteiger partial charge in [-0.2, -0.15) is 15.4 Å². The van der Waals surface area contributed by atoms with Crippen molar-refractivity contribution in [2.45, 2.75) is 19.4 Å². The summed E-state index contributed by atoms with van der Waals surface area (Å²) in [5.74, 6) is 0.439. The summed E-state index contributed by atoms with van der Waals surface area (Å²) >= 11 is 0. The van der Waals surface area contributed by atoms with Gasteiger partial charge in [0.1, 0.15) is 11.3 Å². The molecule has 3 N–H and O–H groups in total. The number of fused-ring (bicyclic) bond motifs is 1. The van der Waals surface area contributed by atoms with E-state index < -0.39 is 0 Å². The average molecular weight is 395 g/mol. The normalized spacial score (nSPS) is 11.2. The van der Waals surface area contributed by atoms with Crippen molar-refractivity contribution in [1.82, 2.24) is 30.2 Å². The number of anilines is 1. The van der Waals surface area contributed by atoms with Crippen LogP contribution in [0.2, 0.25) is 0 Å². The van der Waals surface area contributed by atoms with Crippen molar-refractivity contribution in [3.63, 3.8) is 0 Å². The van der Waals surface area contributed by atoms with Crippen LogP contribution in [0.15, 0.2) is 73.1 Å². The van der Waals surface area contributed by atoms with Gasteiger partial charge in [0.05, 0.1) is 12.7 Å². The van der Waals surface area contributed by atoms with Gasteiger partial charge in [-0.1, -0.05) is 54.6 Å². The standard InChI is InChI=1S/C23H21N7/c24-21-12-20(22-23(26-21)28-29-27-22)11-19-13-25-30(15-19)14-18-8-4-7-17(10-18)9-16-5-2-1-3-6-16/h1-8,10,12-13,15H,9,11,14H2,(H3,24,26,27,28,29). The number of aromatic nitrogens is 6. The molecule has 0 aliphatic rings. The fraction of sp³-hybridized carbons (Fsp3) is 0.130. The van der Waals surface area contributed by atoms with Crippen LogP contribution in [-0.2, 0) is 19.4 Å². The topological polar surface area (TPSA) is 98.3 Å². The zero-order valence-electron chi connectivity index (χ0n) is 16.4. The first-order chi connectivity index (χ1) is 14.7. The number of hydrogen-bond donors (Lipinski definition) is 2. The molecule has 148 valence electrons. The summed E-state index contributed by atoms with van der Waals surface area (Å²) < 4.78 is 1.96. The third-order valence-electron chi connectivity index (χ3n) is 5.06. The minimum Gasteiger partial charge on any atom is -0.384 e. The molecule has 2 aromatic carbocycles. The molecular formula is C23H21N7. The lowest BCUT2D eigenvalue weighted by atomic mass is 10.0. The van der Waals surface area contributed by atoms with Crippen molar-refractivity contribution < 1.29 is 0 Å². The van der Waals surface area contributed by atoms with Crippen LogP contribution in [0.25, 0.3) is 11.2 Å². The molecule has 3 aromatic heterocycles. The Kier molecular flexibility index (Phi) is 4.69. The fourth-order valence-corrected chi connectivity index (χ4v) is 3.72. The van der Waals surface area contributed by atoms with Crippen LogP contribution in [0.1, 0.15) is 27.8 Å². The first kappa shape index (κ1) is 18.1. The summed E-state index contributed by atoms with van der Waals surface area (Å²) in [5.41, 5.74) is 13.1. The molecule has 3 heterocycles. The van der Waals surface area contributed by atoms with Crippen LogP contribution in [-0.4, -0.2) is 30.2 Å². The predicted molar refractivity (Wildman–Crippen MR) is 116 cm³/mol. The van der Waals surface area contributed by atoms with E-state index in [0.717, 1.165) is 29.6 Å². The highest BCUT2D eigenvalue weighted by Crippen LogP contribution is 2.19. The van der Waals surface area contributed by atoms with Crippen molar-refractivity contribution in [2.24, 2.45) is 0 Å². The van der Waals surface area contributed by atoms with Gasteiger partial charge >= 0.3 is 0 Å². The number of aromatic amines is 1. The number of rotatable bonds is 6. The molecule has 7 nitrogen and oxygen atoms in total. The van der Waals surface area contributed by atoms with Crippen LogP contribution in [0.4, 0.5) is 5.82 Å². The Labute approximate surface area is 173 Å². The number of benzene rings is 2. The number of nitrogens with one attached hydrogen (secondary N) is 1. The smallest absolute Gasteiger partial charge is 0.203 e. The zero-order valence-corrected chi connectivity index (χ0v) is 16.4. The molecule has 0 radical (unpaired) electrons. The molecule has 0 atom stereocenters. The van der Waals surface area contributed by atoms with Gasteiger partial charge in [-0.25, -0.2) is 4.98 Å². The Hall–Kier alpha value is -4.00. The third kappa shape index (κ3) is 3.91. The second kappa shape index (κ2) is 7.79. The lowest BCUT2D eigenvalue weighted by molar-refractivity contribution is 0.685. The molecule has 7 heteroatoms. The molecule has 0 aliphatic carbocycles. The third-order valence-corrected chi connectivity index (χ3v) is 5.06. The van der Waals surface area contributed by atoms with E-state index >= 15 is 0 Å². The van der Waals surface area contributed by atoms with Crippen LogP contribution in [0, 0.1) is 0 Å². The Balaban J connectivity index is 1.31. The maximum Gasteiger partial charge on any atom is 0.203 e. The molecular weight excluding hydrogens is 374 g/mol. The molecule has 0 spiro atoms. The van der Waals surface area contributed by atoms with Crippen molar-refractivity contribution in [3.05, 3.63) is 101 Å². The first-order valence-corrected chi connectivity index (χ1v) is 9.82. The number of nitrogens with two attached hydrogens (primary N) is 1. The van der Waals surface area contributed by atoms with Crippen molar-refractivity contribution in [2.75, 3.05) is 5.73 Å². The molecule has 0 amide bonds. The van der Waals surface area contributed by atoms with Crippen LogP contribution in [0.3, 0.4) is 0 Å². The van der Waals surface area contributed by atoms with Gasteiger partial charge in [-0.05, 0) is 40.3 Å². The number of nitrogens with zero attached hydrogens (tertiary/aromatic N) is 5. The predicted octanol–water partition coefficient (Wildman–Crippen LogP) is 3.36. The summed E-state index contributed by atoms with van der Waals surface area (Å²) in [4.78, 5) is 4.19. The second-order valence-corrected chi connectivity index (χ2v) is 7.41. The molecule has 0 fully saturated rings. The summed E-state index contributed by atoms with van der Waals surface area (Å²) in [7, 11) is 0. The molecule has 30 heavy (non-hydrogen) atoms. The lowest BCUT2D eigenvalue weighted by Gasteiger charge is -2.06. The Morgan fingerprint density at radius 3 is 2.57 bits per heavy atom. The summed E-state index contributed by atoms with van der Waals surface area (Å²) in [6, 6.07) is 21.0. The van der Waals surface area contributed by atoms with E-state index in [0.29, 0.717) is 17.9 Å². The zero-order chi connectivity index (χ0) is 20.3. The van der Waals surface area contributed by atoms with Gasteiger partial charge in [-0.15, -0.1) is 5.10 Å². The number of hydrogen-bond acceptors (Lipinski definition) is 5. The number of pyridine rings is 1. The lowest BCUT2D eigenvalue weighted by Crippen LogP contribution is -2.01. The molecule has 5 aromatic rings. The Morgan fingerprint density at radius 1 is 0.833 bits per heavy atom. The van der Waals surface area contributed by atoms with Crippen LogP contribution >= 0.6 is 0 Å². The average Bonchev–Trinajstić information content (AvgIpc) is 3.38. The highest BCUT2D eigenvalue weighted by molar-refractivity contribution is 5.76. The van der Waals surface area contributed by atoms with E-state index in [9.17, 15) is 0 Å². The van der Waals surface area contributed by atoms with Gasteiger partial charge < -0.3 is 5.73 Å². The maximum absolute atomic E-state index is 5.90. The molecule has 0 aliphatic heterocycles. The van der Waals surface area contributed by atoms with E-state index in [-0.39, 0.29) is 0 Å². The summed E-state index contributed by atoms with van der Waals surface area (Å²) in [5, 5.41) is 15.4. The van der Waals surface area contributed by atoms with E-state index in [1.165, 1.54) is 16.7 Å². The van der Waals surface area contributed by atoms with Gasteiger partial charge in [0.15, 0.2) is 0 Å². The molecule has 0 bridgehead atoms. The fourth-order valence-electron chi connectivity index (χ4n) is 3.72. The Morgan fingerprint density at radius 2 is 1.67 bits per heavy atom. The maximum atomic E-state index is 5.90. The van der Waals surface area contributed by atoms with Crippen LogP contribution in [0.5, 0.6) is 0 Å². The van der Waals surface area contributed by atoms with E-state index in [1.54, 1.807) is 0 Å². The van der Waals surface area contributed by atoms with Crippen molar-refractivity contribution >= 4 is 17.0 Å². The van der Waals surface area contributed by atoms with Crippen molar-refractivity contribution in [3.8, 4) is 0 Å². The van der Waals surface area contributed by atoms with Gasteiger partial charge in [0.2, 0.25) is 5.65 Å². The highest BCUT2D eigenvalue weighted by atomic mass is 15.3. The van der Waals surface area contributed by atoms with E-state index in [1.807, 2.05) is 23.0 Å². The molecule has 0 saturated carbocycles. The first-order valence-electron chi connectivity index (χ1n) is 9.82. The van der Waals surface area contributed by atoms with Gasteiger partial charge in [0.25, 0.3) is 0 Å².